The summed E-state index contributed by atoms with van der Waals surface area (Å²) in [5.74, 6) is -0.253. The first-order valence-corrected chi connectivity index (χ1v) is 20.5. The van der Waals surface area contributed by atoms with Crippen LogP contribution in [0.1, 0.15) is 39.2 Å². The van der Waals surface area contributed by atoms with Crippen molar-refractivity contribution in [2.45, 2.75) is 27.0 Å². The molecule has 9 aromatic rings. The molecule has 0 bridgehead atoms. The van der Waals surface area contributed by atoms with Gasteiger partial charge in [0.15, 0.2) is 0 Å². The molecule has 67 heavy (non-hydrogen) atoms. The lowest BCUT2D eigenvalue weighted by Crippen LogP contribution is -2.13. The normalized spacial score (nSPS) is 10.4. The van der Waals surface area contributed by atoms with Gasteiger partial charge in [0.2, 0.25) is 11.8 Å². The van der Waals surface area contributed by atoms with E-state index in [1.54, 1.807) is 49.5 Å². The van der Waals surface area contributed by atoms with Crippen molar-refractivity contribution in [2.24, 2.45) is 0 Å². The number of hydrogen-bond donors (Lipinski definition) is 3. The van der Waals surface area contributed by atoms with Crippen molar-refractivity contribution in [3.05, 3.63) is 210 Å². The number of nitrogens with zero attached hydrogens (tertiary/aromatic N) is 5. The molecule has 330 valence electrons. The zero-order valence-electron chi connectivity index (χ0n) is 35.4. The quantitative estimate of drug-likeness (QED) is 0.132. The third kappa shape index (κ3) is 10.5. The molecule has 3 N–H and O–H groups in total. The van der Waals surface area contributed by atoms with E-state index in [9.17, 15) is 28.0 Å². The highest BCUT2D eigenvalue weighted by atomic mass is 35.5. The Morgan fingerprint density at radius 3 is 1.75 bits per heavy atom. The number of aromatic nitrogens is 4. The molecule has 0 aliphatic rings. The minimum Gasteiger partial charge on any atom is -0.474 e. The second-order valence-electron chi connectivity index (χ2n) is 14.6. The van der Waals surface area contributed by atoms with Crippen LogP contribution < -0.4 is 25.9 Å². The molecule has 4 heterocycles. The number of halogens is 4. The van der Waals surface area contributed by atoms with Gasteiger partial charge in [-0.3, -0.25) is 24.5 Å². The van der Waals surface area contributed by atoms with Gasteiger partial charge in [-0.1, -0.05) is 60.1 Å². The number of aryl methyl sites for hydroxylation is 2. The molecule has 0 saturated heterocycles. The van der Waals surface area contributed by atoms with Gasteiger partial charge >= 0.3 is 0 Å². The second kappa shape index (κ2) is 20.7. The zero-order chi connectivity index (χ0) is 47.6. The number of H-pyrrole nitrogens is 2. The lowest BCUT2D eigenvalue weighted by Gasteiger charge is -2.12. The fourth-order valence-electron chi connectivity index (χ4n) is 6.90. The summed E-state index contributed by atoms with van der Waals surface area (Å²) in [6.45, 7) is 4.39. The van der Waals surface area contributed by atoms with Crippen LogP contribution >= 0.6 is 11.6 Å². The van der Waals surface area contributed by atoms with Crippen LogP contribution in [0.3, 0.4) is 0 Å². The van der Waals surface area contributed by atoms with Crippen LogP contribution in [0.15, 0.2) is 137 Å². The van der Waals surface area contributed by atoms with E-state index in [0.29, 0.717) is 61.3 Å². The number of fused-ring (bicyclic) bond motifs is 3. The Hall–Kier alpha value is -8.97. The molecule has 0 atom stereocenters. The topological polar surface area (TPSA) is 193 Å². The van der Waals surface area contributed by atoms with E-state index in [1.165, 1.54) is 48.5 Å². The molecule has 9 rings (SSSR count). The maximum absolute atomic E-state index is 13.6. The summed E-state index contributed by atoms with van der Waals surface area (Å²) < 4.78 is 51.9. The summed E-state index contributed by atoms with van der Waals surface area (Å²) in [5.41, 5.74) is 2.55. The number of nitrogens with one attached hydrogen (secondary N) is 3. The minimum absolute atomic E-state index is 0.0339. The summed E-state index contributed by atoms with van der Waals surface area (Å²) in [6, 6.07) is 38.0. The zero-order valence-corrected chi connectivity index (χ0v) is 36.2. The molecule has 5 aromatic carbocycles. The maximum atomic E-state index is 13.6. The van der Waals surface area contributed by atoms with Gasteiger partial charge in [-0.15, -0.1) is 0 Å². The van der Waals surface area contributed by atoms with Crippen LogP contribution in [0.5, 0.6) is 17.5 Å². The first-order valence-electron chi connectivity index (χ1n) is 20.1. The minimum atomic E-state index is -0.608. The Morgan fingerprint density at radius 1 is 0.627 bits per heavy atom. The number of para-hydroxylation sites is 1. The van der Waals surface area contributed by atoms with E-state index in [0.717, 1.165) is 16.8 Å². The van der Waals surface area contributed by atoms with Gasteiger partial charge in [0.05, 0.1) is 16.3 Å². The summed E-state index contributed by atoms with van der Waals surface area (Å²) in [5, 5.41) is 33.7. The fraction of sp³-hybridized carbons (Fsp3) is 0.0784. The first-order chi connectivity index (χ1) is 32.4. The summed E-state index contributed by atoms with van der Waals surface area (Å²) in [6.07, 6.45) is 1.67. The molecular weight excluding hydrogens is 881 g/mol. The molecule has 0 aliphatic heterocycles. The van der Waals surface area contributed by atoms with Crippen molar-refractivity contribution in [1.29, 1.82) is 15.8 Å². The molecule has 0 unspecified atom stereocenters. The van der Waals surface area contributed by atoms with Gasteiger partial charge in [-0.25, -0.2) is 18.2 Å². The van der Waals surface area contributed by atoms with Crippen molar-refractivity contribution < 1.29 is 22.6 Å². The Balaban J connectivity index is 0.000000149. The third-order valence-corrected chi connectivity index (χ3v) is 10.5. The number of anilines is 1. The highest BCUT2D eigenvalue weighted by Crippen LogP contribution is 2.33. The lowest BCUT2D eigenvalue weighted by molar-refractivity contribution is 0.296. The number of benzene rings is 5. The van der Waals surface area contributed by atoms with Gasteiger partial charge in [0.25, 0.3) is 11.1 Å². The standard InChI is InChI=1S/C18H14FN3.C17H12FN3O2.C16H8ClFN2O2/c1-12-17(10-20)15-8-7-14(19)9-16(15)18(22-12)21-11-13-5-3-2-4-6-13;1-10-11(3-2-6-20-10)9-23-17-14-7-12(18)4-5-13(14)15(8-19)16(22)21-17;17-13-3-1-2-4-14(13)22-16-11-7-9(18)5-6-10(11)12(8-19)15(21)20-16/h2-9H,11H2,1H3,(H,21,22);2-7H,9H2,1H3,(H,21,22);1-7H,(H,20,21). The van der Waals surface area contributed by atoms with Crippen molar-refractivity contribution in [2.75, 3.05) is 5.32 Å². The molecular formula is C51H34ClF3N8O4. The average molecular weight is 915 g/mol. The molecule has 0 amide bonds. The Labute approximate surface area is 384 Å². The molecule has 0 radical (unpaired) electrons. The Bertz CT molecular complexity index is 3580. The van der Waals surface area contributed by atoms with Crippen LogP contribution in [-0.4, -0.2) is 19.9 Å². The summed E-state index contributed by atoms with van der Waals surface area (Å²) in [4.78, 5) is 37.5. The predicted octanol–water partition coefficient (Wildman–Crippen LogP) is 11.0. The van der Waals surface area contributed by atoms with Crippen LogP contribution in [0.25, 0.3) is 32.3 Å². The van der Waals surface area contributed by atoms with Gasteiger partial charge in [-0.2, -0.15) is 15.8 Å². The highest BCUT2D eigenvalue weighted by Gasteiger charge is 2.16. The average Bonchev–Trinajstić information content (AvgIpc) is 3.32. The summed E-state index contributed by atoms with van der Waals surface area (Å²) >= 11 is 6.01. The van der Waals surface area contributed by atoms with Crippen molar-refractivity contribution >= 4 is 49.7 Å². The monoisotopic (exact) mass is 914 g/mol. The molecule has 16 heteroatoms. The van der Waals surface area contributed by atoms with Crippen molar-refractivity contribution in [3.63, 3.8) is 0 Å². The fourth-order valence-corrected chi connectivity index (χ4v) is 7.07. The van der Waals surface area contributed by atoms with Crippen molar-refractivity contribution in [1.82, 2.24) is 19.9 Å². The van der Waals surface area contributed by atoms with E-state index >= 15 is 0 Å². The molecule has 12 nitrogen and oxygen atoms in total. The molecule has 4 aromatic heterocycles. The number of pyridine rings is 4. The SMILES string of the molecule is Cc1nc(NCc2ccccc2)c2cc(F)ccc2c1C#N.Cc1ncccc1COc1[nH]c(=O)c(C#N)c2ccc(F)cc12.N#Cc1c(=O)[nH]c(Oc2ccccc2Cl)c2cc(F)ccc12. The number of rotatable bonds is 8. The number of aromatic amines is 2. The van der Waals surface area contributed by atoms with Crippen LogP contribution in [0.4, 0.5) is 19.0 Å². The van der Waals surface area contributed by atoms with Crippen molar-refractivity contribution in [3.8, 4) is 35.7 Å². The van der Waals surface area contributed by atoms with Gasteiger partial charge < -0.3 is 14.8 Å². The molecule has 0 spiro atoms. The van der Waals surface area contributed by atoms with E-state index in [1.807, 2.05) is 55.5 Å². The van der Waals surface area contributed by atoms with Crippen LogP contribution in [0.2, 0.25) is 5.02 Å². The number of ether oxygens (including phenoxy) is 2. The lowest BCUT2D eigenvalue weighted by atomic mass is 10.0. The number of hydrogen-bond acceptors (Lipinski definition) is 10. The third-order valence-electron chi connectivity index (χ3n) is 10.2. The Kier molecular flexibility index (Phi) is 14.2. The Morgan fingerprint density at radius 2 is 1.16 bits per heavy atom. The van der Waals surface area contributed by atoms with Crippen LogP contribution in [0, 0.1) is 65.3 Å². The largest absolute Gasteiger partial charge is 0.474 e. The van der Waals surface area contributed by atoms with Gasteiger partial charge in [0.1, 0.15) is 65.0 Å². The first kappa shape index (κ1) is 46.0. The van der Waals surface area contributed by atoms with Gasteiger partial charge in [0, 0.05) is 56.3 Å². The van der Waals surface area contributed by atoms with E-state index in [2.05, 4.69) is 31.3 Å². The van der Waals surface area contributed by atoms with E-state index in [-0.39, 0.29) is 40.7 Å². The van der Waals surface area contributed by atoms with E-state index in [4.69, 9.17) is 31.6 Å². The molecule has 0 fully saturated rings. The summed E-state index contributed by atoms with van der Waals surface area (Å²) in [7, 11) is 0. The highest BCUT2D eigenvalue weighted by molar-refractivity contribution is 6.32. The predicted molar refractivity (Wildman–Crippen MR) is 248 cm³/mol. The van der Waals surface area contributed by atoms with E-state index < -0.39 is 22.8 Å². The smallest absolute Gasteiger partial charge is 0.269 e. The molecule has 0 saturated carbocycles. The number of nitriles is 3. The maximum Gasteiger partial charge on any atom is 0.269 e. The van der Waals surface area contributed by atoms with Gasteiger partial charge in [-0.05, 0) is 92.2 Å². The second-order valence-corrected chi connectivity index (χ2v) is 15.0. The molecule has 0 aliphatic carbocycles. The van der Waals surface area contributed by atoms with Crippen LogP contribution in [-0.2, 0) is 13.2 Å².